The fraction of sp³-hybridized carbons (Fsp3) is 0.750. The van der Waals surface area contributed by atoms with Crippen molar-refractivity contribution in [3.63, 3.8) is 0 Å². The van der Waals surface area contributed by atoms with Crippen molar-refractivity contribution in [2.45, 2.75) is 59.3 Å². The standard InChI is InChI=1S/3C4H9.Pd.Pt/c3*1-3-4-2;;/h3*1,3-4H2,2H3;;/q3*-1;;. The monoisotopic (exact) mass is 472 g/mol. The van der Waals surface area contributed by atoms with Gasteiger partial charge in [-0.25, -0.2) is 0 Å². The zero-order valence-corrected chi connectivity index (χ0v) is 13.8. The number of rotatable bonds is 3. The molecule has 0 radical (unpaired) electrons. The summed E-state index contributed by atoms with van der Waals surface area (Å²) in [6, 6.07) is 0. The van der Waals surface area contributed by atoms with Gasteiger partial charge in [-0.05, 0) is 0 Å². The molecule has 0 aromatic carbocycles. The van der Waals surface area contributed by atoms with Gasteiger partial charge < -0.3 is 20.8 Å². The van der Waals surface area contributed by atoms with Gasteiger partial charge in [-0.15, -0.1) is 0 Å². The van der Waals surface area contributed by atoms with E-state index in [9.17, 15) is 0 Å². The molecule has 0 N–H and O–H groups in total. The molecule has 0 amide bonds. The molecule has 0 spiro atoms. The minimum Gasteiger partial charge on any atom is -0.343 e. The second-order valence-corrected chi connectivity index (χ2v) is 2.56. The molecular weight excluding hydrogens is 446 g/mol. The van der Waals surface area contributed by atoms with Gasteiger partial charge in [-0.3, -0.25) is 0 Å². The molecule has 0 aromatic heterocycles. The summed E-state index contributed by atoms with van der Waals surface area (Å²) in [5.41, 5.74) is 0. The van der Waals surface area contributed by atoms with Crippen LogP contribution in [0.1, 0.15) is 59.3 Å². The third kappa shape index (κ3) is 108. The third-order valence-corrected chi connectivity index (χ3v) is 1.06. The van der Waals surface area contributed by atoms with Crippen molar-refractivity contribution in [3.05, 3.63) is 20.8 Å². The van der Waals surface area contributed by atoms with E-state index >= 15 is 0 Å². The fourth-order valence-electron chi connectivity index (χ4n) is 0. The maximum absolute atomic E-state index is 3.60. The summed E-state index contributed by atoms with van der Waals surface area (Å²) < 4.78 is 0. The van der Waals surface area contributed by atoms with Gasteiger partial charge in [0.1, 0.15) is 0 Å². The van der Waals surface area contributed by atoms with Crippen molar-refractivity contribution < 1.29 is 41.5 Å². The van der Waals surface area contributed by atoms with Crippen LogP contribution in [0.5, 0.6) is 0 Å². The van der Waals surface area contributed by atoms with Gasteiger partial charge in [-0.2, -0.15) is 19.3 Å². The second-order valence-electron chi connectivity index (χ2n) is 2.56. The number of hydrogen-bond acceptors (Lipinski definition) is 0. The van der Waals surface area contributed by atoms with E-state index < -0.39 is 0 Å². The van der Waals surface area contributed by atoms with Crippen molar-refractivity contribution in [1.82, 2.24) is 0 Å². The van der Waals surface area contributed by atoms with Gasteiger partial charge in [0, 0.05) is 41.5 Å². The molecule has 98 valence electrons. The zero-order chi connectivity index (χ0) is 10.2. The Morgan fingerprint density at radius 1 is 0.643 bits per heavy atom. The second kappa shape index (κ2) is 47.3. The molecule has 0 aliphatic rings. The van der Waals surface area contributed by atoms with Crippen LogP contribution in [0.25, 0.3) is 0 Å². The average Bonchev–Trinajstić information content (AvgIpc) is 2.18. The van der Waals surface area contributed by atoms with Crippen LogP contribution in [0, 0.1) is 20.8 Å². The van der Waals surface area contributed by atoms with Crippen molar-refractivity contribution in [1.29, 1.82) is 0 Å². The molecular formula is C12H27PdPt-3. The molecule has 14 heavy (non-hydrogen) atoms. The van der Waals surface area contributed by atoms with Gasteiger partial charge in [0.25, 0.3) is 0 Å². The Bertz CT molecular complexity index is 25.8. The average molecular weight is 473 g/mol. The SMILES string of the molecule is [CH2-]CCC.[CH2-]CCC.[CH2-]CCC.[Pd].[Pt]. The van der Waals surface area contributed by atoms with E-state index in [2.05, 4.69) is 41.5 Å². The number of unbranched alkanes of at least 4 members (excludes halogenated alkanes) is 3. The van der Waals surface area contributed by atoms with Crippen LogP contribution in [0.15, 0.2) is 0 Å². The van der Waals surface area contributed by atoms with Crippen LogP contribution in [0.2, 0.25) is 0 Å². The topological polar surface area (TPSA) is 0 Å². The van der Waals surface area contributed by atoms with Crippen molar-refractivity contribution in [3.8, 4) is 0 Å². The minimum atomic E-state index is 0. The maximum Gasteiger partial charge on any atom is 0 e. The molecule has 2 heteroatoms. The quantitative estimate of drug-likeness (QED) is 0.407. The van der Waals surface area contributed by atoms with E-state index in [4.69, 9.17) is 0 Å². The summed E-state index contributed by atoms with van der Waals surface area (Å²) in [4.78, 5) is 0. The molecule has 0 atom stereocenters. The van der Waals surface area contributed by atoms with E-state index in [-0.39, 0.29) is 41.5 Å². The summed E-state index contributed by atoms with van der Waals surface area (Å²) in [5.74, 6) is 0. The van der Waals surface area contributed by atoms with Crippen molar-refractivity contribution in [2.75, 3.05) is 0 Å². The predicted octanol–water partition coefficient (Wildman–Crippen LogP) is 4.86. The van der Waals surface area contributed by atoms with Crippen molar-refractivity contribution in [2.24, 2.45) is 0 Å². The predicted molar refractivity (Wildman–Crippen MR) is 60.8 cm³/mol. The van der Waals surface area contributed by atoms with Crippen LogP contribution < -0.4 is 0 Å². The molecule has 0 fully saturated rings. The molecule has 0 aliphatic carbocycles. The zero-order valence-electron chi connectivity index (χ0n) is 10.00. The van der Waals surface area contributed by atoms with E-state index in [1.165, 1.54) is 19.3 Å². The fourth-order valence-corrected chi connectivity index (χ4v) is 0. The van der Waals surface area contributed by atoms with E-state index in [0.717, 1.165) is 19.3 Å². The Balaban J connectivity index is -0.0000000270. The first-order chi connectivity index (χ1) is 5.74. The van der Waals surface area contributed by atoms with Crippen LogP contribution >= 0.6 is 0 Å². The van der Waals surface area contributed by atoms with E-state index in [0.29, 0.717) is 0 Å². The van der Waals surface area contributed by atoms with E-state index in [1.54, 1.807) is 0 Å². The van der Waals surface area contributed by atoms with Crippen LogP contribution in [0.3, 0.4) is 0 Å². The van der Waals surface area contributed by atoms with Crippen LogP contribution in [-0.2, 0) is 41.5 Å². The van der Waals surface area contributed by atoms with Gasteiger partial charge in [0.15, 0.2) is 0 Å². The Morgan fingerprint density at radius 3 is 0.714 bits per heavy atom. The van der Waals surface area contributed by atoms with Crippen molar-refractivity contribution >= 4 is 0 Å². The van der Waals surface area contributed by atoms with Gasteiger partial charge in [0.2, 0.25) is 0 Å². The Morgan fingerprint density at radius 2 is 0.714 bits per heavy atom. The normalized spacial score (nSPS) is 6.43. The molecule has 0 aliphatic heterocycles. The molecule has 0 unspecified atom stereocenters. The molecule has 0 nitrogen and oxygen atoms in total. The summed E-state index contributed by atoms with van der Waals surface area (Å²) in [6.07, 6.45) is 6.83. The minimum absolute atomic E-state index is 0. The van der Waals surface area contributed by atoms with Gasteiger partial charge >= 0.3 is 0 Å². The summed E-state index contributed by atoms with van der Waals surface area (Å²) in [5, 5.41) is 0. The molecule has 0 aromatic rings. The van der Waals surface area contributed by atoms with Gasteiger partial charge in [-0.1, -0.05) is 40.0 Å². The van der Waals surface area contributed by atoms with E-state index in [1.807, 2.05) is 0 Å². The largest absolute Gasteiger partial charge is 0.343 e. The first kappa shape index (κ1) is 29.5. The number of hydrogen-bond donors (Lipinski definition) is 0. The summed E-state index contributed by atoms with van der Waals surface area (Å²) >= 11 is 0. The maximum atomic E-state index is 3.60. The Kier molecular flexibility index (Phi) is 99.8. The Labute approximate surface area is 121 Å². The third-order valence-electron chi connectivity index (χ3n) is 1.06. The first-order valence-corrected chi connectivity index (χ1v) is 5.12. The summed E-state index contributed by atoms with van der Waals surface area (Å²) in [7, 11) is 0. The molecule has 0 saturated heterocycles. The van der Waals surface area contributed by atoms with Crippen LogP contribution in [-0.4, -0.2) is 0 Å². The van der Waals surface area contributed by atoms with Gasteiger partial charge in [0.05, 0.1) is 0 Å². The molecule has 0 saturated carbocycles. The molecule has 0 heterocycles. The molecule has 0 rings (SSSR count). The Hall–Kier alpha value is 1.35. The smallest absolute Gasteiger partial charge is 0 e. The van der Waals surface area contributed by atoms with Crippen LogP contribution in [0.4, 0.5) is 0 Å². The molecule has 0 bridgehead atoms. The summed E-state index contributed by atoms with van der Waals surface area (Å²) in [6.45, 7) is 17.2. The first-order valence-electron chi connectivity index (χ1n) is 5.12.